The molecule has 0 spiro atoms. The van der Waals surface area contributed by atoms with Gasteiger partial charge in [0.05, 0.1) is 5.84 Å². The van der Waals surface area contributed by atoms with E-state index in [4.69, 9.17) is 0 Å². The molecular weight excluding hydrogens is 148 g/mol. The molecule has 0 radical (unpaired) electrons. The molecule has 1 aliphatic heterocycles. The first kappa shape index (κ1) is 8.09. The van der Waals surface area contributed by atoms with E-state index >= 15 is 0 Å². The number of hydrogen-bond acceptors (Lipinski definition) is 2. The molecule has 0 aromatic rings. The zero-order valence-electron chi connectivity index (χ0n) is 7.68. The van der Waals surface area contributed by atoms with Crippen LogP contribution in [0.2, 0.25) is 0 Å². The molecule has 0 amide bonds. The average Bonchev–Trinajstić information content (AvgIpc) is 2.46. The van der Waals surface area contributed by atoms with Crippen molar-refractivity contribution < 1.29 is 0 Å². The Kier molecular flexibility index (Phi) is 2.64. The summed E-state index contributed by atoms with van der Waals surface area (Å²) in [5.41, 5.74) is 0. The Bertz CT molecular complexity index is 171. The molecule has 0 saturated heterocycles. The molecule has 0 bridgehead atoms. The number of hydrogen-bond donors (Lipinski definition) is 1. The van der Waals surface area contributed by atoms with Crippen LogP contribution >= 0.6 is 0 Å². The highest BCUT2D eigenvalue weighted by molar-refractivity contribution is 5.83. The molecule has 2 heteroatoms. The second-order valence-electron chi connectivity index (χ2n) is 3.94. The van der Waals surface area contributed by atoms with Gasteiger partial charge in [-0.25, -0.2) is 0 Å². The maximum Gasteiger partial charge on any atom is 0.0963 e. The first-order valence-corrected chi connectivity index (χ1v) is 5.22. The average molecular weight is 166 g/mol. The van der Waals surface area contributed by atoms with Crippen LogP contribution in [0.15, 0.2) is 4.99 Å². The van der Waals surface area contributed by atoms with Crippen LogP contribution in [-0.4, -0.2) is 18.9 Å². The Hall–Kier alpha value is -0.530. The molecule has 2 nitrogen and oxygen atoms in total. The number of nitrogens with one attached hydrogen (secondary N) is 1. The van der Waals surface area contributed by atoms with E-state index < -0.39 is 0 Å². The Labute approximate surface area is 74.5 Å². The Morgan fingerprint density at radius 1 is 1.33 bits per heavy atom. The fourth-order valence-electron chi connectivity index (χ4n) is 1.89. The molecule has 0 aromatic carbocycles. The maximum absolute atomic E-state index is 4.38. The third kappa shape index (κ3) is 1.99. The predicted molar refractivity (Wildman–Crippen MR) is 51.5 cm³/mol. The van der Waals surface area contributed by atoms with Crippen LogP contribution in [0.25, 0.3) is 0 Å². The molecule has 1 aliphatic carbocycles. The largest absolute Gasteiger partial charge is 0.374 e. The van der Waals surface area contributed by atoms with Gasteiger partial charge in [0.1, 0.15) is 0 Å². The molecule has 2 rings (SSSR count). The van der Waals surface area contributed by atoms with Gasteiger partial charge in [-0.2, -0.15) is 0 Å². The molecular formula is C10H18N2. The molecule has 1 saturated carbocycles. The van der Waals surface area contributed by atoms with Gasteiger partial charge in [-0.1, -0.05) is 19.3 Å². The van der Waals surface area contributed by atoms with E-state index in [1.165, 1.54) is 44.4 Å². The van der Waals surface area contributed by atoms with Crippen molar-refractivity contribution in [2.45, 2.75) is 38.5 Å². The normalized spacial score (nSPS) is 23.5. The first-order chi connectivity index (χ1) is 5.95. The van der Waals surface area contributed by atoms with E-state index in [0.717, 1.165) is 19.0 Å². The Balaban J connectivity index is 1.55. The van der Waals surface area contributed by atoms with E-state index in [9.17, 15) is 0 Å². The number of amidine groups is 1. The lowest BCUT2D eigenvalue weighted by molar-refractivity contribution is 0.297. The van der Waals surface area contributed by atoms with E-state index in [1.54, 1.807) is 0 Å². The van der Waals surface area contributed by atoms with Crippen molar-refractivity contribution >= 4 is 5.84 Å². The highest BCUT2D eigenvalue weighted by Gasteiger charge is 2.16. The van der Waals surface area contributed by atoms with Gasteiger partial charge in [0, 0.05) is 19.5 Å². The number of nitrogens with zero attached hydrogens (tertiary/aromatic N) is 1. The van der Waals surface area contributed by atoms with Crippen molar-refractivity contribution in [1.82, 2.24) is 5.32 Å². The smallest absolute Gasteiger partial charge is 0.0963 e. The standard InChI is InChI=1S/C10H18N2/c1-3-9(4-1)6-8-12-10-5-2-7-11-10/h9H,1-8H2,(H,11,12). The molecule has 1 heterocycles. The van der Waals surface area contributed by atoms with Crippen LogP contribution in [-0.2, 0) is 0 Å². The lowest BCUT2D eigenvalue weighted by atomic mass is 9.83. The molecule has 1 N–H and O–H groups in total. The third-order valence-corrected chi connectivity index (χ3v) is 2.98. The quantitative estimate of drug-likeness (QED) is 0.681. The van der Waals surface area contributed by atoms with Crippen molar-refractivity contribution in [3.8, 4) is 0 Å². The summed E-state index contributed by atoms with van der Waals surface area (Å²) in [5, 5.41) is 3.43. The SMILES string of the molecule is C1CN=C(NCCC2CCC2)C1. The van der Waals surface area contributed by atoms with Gasteiger partial charge >= 0.3 is 0 Å². The van der Waals surface area contributed by atoms with Gasteiger partial charge in [-0.05, 0) is 18.8 Å². The monoisotopic (exact) mass is 166 g/mol. The van der Waals surface area contributed by atoms with Crippen LogP contribution in [0, 0.1) is 5.92 Å². The number of aliphatic imine (C=N–C) groups is 1. The molecule has 68 valence electrons. The minimum Gasteiger partial charge on any atom is -0.374 e. The van der Waals surface area contributed by atoms with Crippen LogP contribution in [0.1, 0.15) is 38.5 Å². The van der Waals surface area contributed by atoms with Crippen LogP contribution in [0.4, 0.5) is 0 Å². The summed E-state index contributed by atoms with van der Waals surface area (Å²) in [5.74, 6) is 2.29. The van der Waals surface area contributed by atoms with Gasteiger partial charge in [0.25, 0.3) is 0 Å². The molecule has 1 fully saturated rings. The van der Waals surface area contributed by atoms with E-state index in [2.05, 4.69) is 10.3 Å². The number of rotatable bonds is 3. The van der Waals surface area contributed by atoms with Crippen LogP contribution in [0.3, 0.4) is 0 Å². The van der Waals surface area contributed by atoms with Crippen molar-refractivity contribution in [3.63, 3.8) is 0 Å². The summed E-state index contributed by atoms with van der Waals surface area (Å²) in [6.45, 7) is 2.20. The van der Waals surface area contributed by atoms with Gasteiger partial charge in [0.2, 0.25) is 0 Å². The topological polar surface area (TPSA) is 24.4 Å². The van der Waals surface area contributed by atoms with Gasteiger partial charge in [-0.15, -0.1) is 0 Å². The predicted octanol–water partition coefficient (Wildman–Crippen LogP) is 1.96. The summed E-state index contributed by atoms with van der Waals surface area (Å²) >= 11 is 0. The first-order valence-electron chi connectivity index (χ1n) is 5.22. The van der Waals surface area contributed by atoms with Gasteiger partial charge in [-0.3, -0.25) is 4.99 Å². The lowest BCUT2D eigenvalue weighted by Crippen LogP contribution is -2.25. The minimum absolute atomic E-state index is 1.03. The fourth-order valence-corrected chi connectivity index (χ4v) is 1.89. The molecule has 12 heavy (non-hydrogen) atoms. The maximum atomic E-state index is 4.38. The Morgan fingerprint density at radius 2 is 2.25 bits per heavy atom. The van der Waals surface area contributed by atoms with E-state index in [1.807, 2.05) is 0 Å². The highest BCUT2D eigenvalue weighted by atomic mass is 15.0. The van der Waals surface area contributed by atoms with E-state index in [-0.39, 0.29) is 0 Å². The van der Waals surface area contributed by atoms with Gasteiger partial charge in [0.15, 0.2) is 0 Å². The van der Waals surface area contributed by atoms with Crippen LogP contribution in [0.5, 0.6) is 0 Å². The fraction of sp³-hybridized carbons (Fsp3) is 0.900. The second kappa shape index (κ2) is 3.92. The highest BCUT2D eigenvalue weighted by Crippen LogP contribution is 2.28. The summed E-state index contributed by atoms with van der Waals surface area (Å²) in [6.07, 6.45) is 8.20. The van der Waals surface area contributed by atoms with Crippen molar-refractivity contribution in [1.29, 1.82) is 0 Å². The van der Waals surface area contributed by atoms with E-state index in [0.29, 0.717) is 0 Å². The Morgan fingerprint density at radius 3 is 2.83 bits per heavy atom. The van der Waals surface area contributed by atoms with Gasteiger partial charge < -0.3 is 5.32 Å². The summed E-state index contributed by atoms with van der Waals surface area (Å²) in [7, 11) is 0. The van der Waals surface area contributed by atoms with Crippen molar-refractivity contribution in [3.05, 3.63) is 0 Å². The van der Waals surface area contributed by atoms with Crippen molar-refractivity contribution in [2.24, 2.45) is 10.9 Å². The molecule has 0 atom stereocenters. The lowest BCUT2D eigenvalue weighted by Gasteiger charge is -2.25. The zero-order valence-corrected chi connectivity index (χ0v) is 7.68. The third-order valence-electron chi connectivity index (χ3n) is 2.98. The summed E-state index contributed by atoms with van der Waals surface area (Å²) in [4.78, 5) is 4.38. The van der Waals surface area contributed by atoms with Crippen molar-refractivity contribution in [2.75, 3.05) is 13.1 Å². The second-order valence-corrected chi connectivity index (χ2v) is 3.94. The van der Waals surface area contributed by atoms with Crippen LogP contribution < -0.4 is 5.32 Å². The summed E-state index contributed by atoms with van der Waals surface area (Å²) in [6, 6.07) is 0. The molecule has 0 unspecified atom stereocenters. The zero-order chi connectivity index (χ0) is 8.23. The molecule has 2 aliphatic rings. The summed E-state index contributed by atoms with van der Waals surface area (Å²) < 4.78 is 0. The minimum atomic E-state index is 1.03. The molecule has 0 aromatic heterocycles.